The first-order chi connectivity index (χ1) is 10.4. The van der Waals surface area contributed by atoms with Crippen molar-refractivity contribution in [3.63, 3.8) is 0 Å². The van der Waals surface area contributed by atoms with Crippen LogP contribution in [0.5, 0.6) is 0 Å². The van der Waals surface area contributed by atoms with E-state index in [0.29, 0.717) is 17.1 Å². The zero-order valence-electron chi connectivity index (χ0n) is 12.3. The Morgan fingerprint density at radius 3 is 2.36 bits per heavy atom. The van der Waals surface area contributed by atoms with Crippen LogP contribution in [0.15, 0.2) is 24.3 Å². The van der Waals surface area contributed by atoms with Crippen LogP contribution in [-0.4, -0.2) is 40.8 Å². The molecule has 1 saturated heterocycles. The summed E-state index contributed by atoms with van der Waals surface area (Å²) in [4.78, 5) is 36.7. The van der Waals surface area contributed by atoms with E-state index >= 15 is 0 Å². The van der Waals surface area contributed by atoms with Gasteiger partial charge >= 0.3 is 5.97 Å². The number of hydrogen-bond acceptors (Lipinski definition) is 3. The van der Waals surface area contributed by atoms with Gasteiger partial charge in [0.2, 0.25) is 5.91 Å². The Hall–Kier alpha value is -1.88. The second kappa shape index (κ2) is 6.92. The number of nitrogens with zero attached hydrogens (tertiary/aromatic N) is 1. The van der Waals surface area contributed by atoms with Crippen LogP contribution in [0, 0.1) is 11.8 Å². The standard InChI is InChI=1S/C16H18ClNO4/c1-10-8-18(9-13(10)16(21)22)15(20)7-6-14(19)11-2-4-12(17)5-3-11/h2-5,10,13H,6-9H2,1H3,(H,21,22)/t10-,13-/m1/s1. The third kappa shape index (κ3) is 3.85. The molecule has 1 aliphatic heterocycles. The Kier molecular flexibility index (Phi) is 5.19. The van der Waals surface area contributed by atoms with Crippen LogP contribution in [0.3, 0.4) is 0 Å². The molecular formula is C16H18ClNO4. The van der Waals surface area contributed by atoms with E-state index in [1.165, 1.54) is 0 Å². The number of carbonyl (C=O) groups is 3. The molecule has 1 N–H and O–H groups in total. The quantitative estimate of drug-likeness (QED) is 0.845. The molecule has 2 rings (SSSR count). The van der Waals surface area contributed by atoms with Crippen LogP contribution in [0.4, 0.5) is 0 Å². The lowest BCUT2D eigenvalue weighted by Gasteiger charge is -2.15. The zero-order chi connectivity index (χ0) is 16.3. The summed E-state index contributed by atoms with van der Waals surface area (Å²) in [6.45, 7) is 2.49. The lowest BCUT2D eigenvalue weighted by Crippen LogP contribution is -2.30. The van der Waals surface area contributed by atoms with Gasteiger partial charge in [0.25, 0.3) is 0 Å². The molecule has 0 saturated carbocycles. The lowest BCUT2D eigenvalue weighted by molar-refractivity contribution is -0.142. The van der Waals surface area contributed by atoms with E-state index in [1.807, 2.05) is 6.92 Å². The molecule has 0 aliphatic carbocycles. The maximum Gasteiger partial charge on any atom is 0.308 e. The number of likely N-dealkylation sites (tertiary alicyclic amines) is 1. The Balaban J connectivity index is 1.87. The van der Waals surface area contributed by atoms with Crippen molar-refractivity contribution < 1.29 is 19.5 Å². The molecule has 2 atom stereocenters. The lowest BCUT2D eigenvalue weighted by atomic mass is 9.99. The van der Waals surface area contributed by atoms with Gasteiger partial charge in [0.05, 0.1) is 5.92 Å². The fourth-order valence-electron chi connectivity index (χ4n) is 2.65. The van der Waals surface area contributed by atoms with Crippen LogP contribution < -0.4 is 0 Å². The summed E-state index contributed by atoms with van der Waals surface area (Å²) in [5.74, 6) is -1.74. The van der Waals surface area contributed by atoms with E-state index in [-0.39, 0.29) is 37.0 Å². The van der Waals surface area contributed by atoms with E-state index in [2.05, 4.69) is 0 Å². The van der Waals surface area contributed by atoms with Gasteiger partial charge in [0.15, 0.2) is 5.78 Å². The molecule has 5 nitrogen and oxygen atoms in total. The largest absolute Gasteiger partial charge is 0.481 e. The zero-order valence-corrected chi connectivity index (χ0v) is 13.0. The number of rotatable bonds is 5. The van der Waals surface area contributed by atoms with E-state index in [0.717, 1.165) is 0 Å². The molecule has 1 aromatic carbocycles. The molecule has 1 aliphatic rings. The number of carboxylic acids is 1. The molecule has 0 spiro atoms. The molecule has 6 heteroatoms. The first-order valence-corrected chi connectivity index (χ1v) is 7.55. The van der Waals surface area contributed by atoms with Gasteiger partial charge < -0.3 is 10.0 Å². The van der Waals surface area contributed by atoms with Gasteiger partial charge in [-0.2, -0.15) is 0 Å². The molecule has 118 valence electrons. The maximum absolute atomic E-state index is 12.1. The van der Waals surface area contributed by atoms with Gasteiger partial charge in [0, 0.05) is 36.5 Å². The summed E-state index contributed by atoms with van der Waals surface area (Å²) >= 11 is 5.76. The van der Waals surface area contributed by atoms with Crippen LogP contribution in [-0.2, 0) is 9.59 Å². The average Bonchev–Trinajstić information content (AvgIpc) is 2.87. The molecule has 0 bridgehead atoms. The monoisotopic (exact) mass is 323 g/mol. The third-order valence-corrected chi connectivity index (χ3v) is 4.27. The van der Waals surface area contributed by atoms with Gasteiger partial charge in [-0.25, -0.2) is 0 Å². The number of Topliss-reactive ketones (excluding diaryl/α,β-unsaturated/α-hetero) is 1. The summed E-state index contributed by atoms with van der Waals surface area (Å²) in [7, 11) is 0. The summed E-state index contributed by atoms with van der Waals surface area (Å²) in [5, 5.41) is 9.62. The highest BCUT2D eigenvalue weighted by molar-refractivity contribution is 6.30. The number of aliphatic carboxylic acids is 1. The van der Waals surface area contributed by atoms with Crippen molar-refractivity contribution in [3.05, 3.63) is 34.9 Å². The predicted octanol–water partition coefficient (Wildman–Crippen LogP) is 2.48. The van der Waals surface area contributed by atoms with Crippen LogP contribution >= 0.6 is 11.6 Å². The number of carboxylic acid groups (broad SMARTS) is 1. The number of hydrogen-bond donors (Lipinski definition) is 1. The van der Waals surface area contributed by atoms with Crippen molar-refractivity contribution in [2.24, 2.45) is 11.8 Å². The smallest absolute Gasteiger partial charge is 0.308 e. The maximum atomic E-state index is 12.1. The van der Waals surface area contributed by atoms with Gasteiger partial charge in [-0.15, -0.1) is 0 Å². The molecular weight excluding hydrogens is 306 g/mol. The van der Waals surface area contributed by atoms with Crippen molar-refractivity contribution in [2.45, 2.75) is 19.8 Å². The molecule has 1 amide bonds. The van der Waals surface area contributed by atoms with E-state index in [9.17, 15) is 14.4 Å². The Morgan fingerprint density at radius 1 is 1.18 bits per heavy atom. The first kappa shape index (κ1) is 16.5. The highest BCUT2D eigenvalue weighted by atomic mass is 35.5. The fraction of sp³-hybridized carbons (Fsp3) is 0.438. The first-order valence-electron chi connectivity index (χ1n) is 7.18. The topological polar surface area (TPSA) is 74.7 Å². The van der Waals surface area contributed by atoms with Crippen LogP contribution in [0.25, 0.3) is 0 Å². The highest BCUT2D eigenvalue weighted by Gasteiger charge is 2.36. The summed E-state index contributed by atoms with van der Waals surface area (Å²) < 4.78 is 0. The SMILES string of the molecule is C[C@@H]1CN(C(=O)CCC(=O)c2ccc(Cl)cc2)C[C@H]1C(=O)O. The third-order valence-electron chi connectivity index (χ3n) is 4.01. The van der Waals surface area contributed by atoms with Gasteiger partial charge in [-0.1, -0.05) is 18.5 Å². The molecule has 1 fully saturated rings. The van der Waals surface area contributed by atoms with Gasteiger partial charge in [-0.05, 0) is 30.2 Å². The normalized spacial score (nSPS) is 20.9. The van der Waals surface area contributed by atoms with Crippen molar-refractivity contribution in [2.75, 3.05) is 13.1 Å². The molecule has 22 heavy (non-hydrogen) atoms. The van der Waals surface area contributed by atoms with Gasteiger partial charge in [-0.3, -0.25) is 14.4 Å². The fourth-order valence-corrected chi connectivity index (χ4v) is 2.78. The van der Waals surface area contributed by atoms with Gasteiger partial charge in [0.1, 0.15) is 0 Å². The van der Waals surface area contributed by atoms with Crippen molar-refractivity contribution in [1.82, 2.24) is 4.90 Å². The number of ketones is 1. The van der Waals surface area contributed by atoms with Crippen LogP contribution in [0.2, 0.25) is 5.02 Å². The molecule has 0 radical (unpaired) electrons. The Morgan fingerprint density at radius 2 is 1.82 bits per heavy atom. The number of benzene rings is 1. The molecule has 0 aromatic heterocycles. The number of carbonyl (C=O) groups excluding carboxylic acids is 2. The second-order valence-corrected chi connectivity index (χ2v) is 6.09. The number of halogens is 1. The van der Waals surface area contributed by atoms with Crippen molar-refractivity contribution in [1.29, 1.82) is 0 Å². The minimum Gasteiger partial charge on any atom is -0.481 e. The minimum atomic E-state index is -0.875. The molecule has 0 unspecified atom stereocenters. The Labute approximate surface area is 133 Å². The summed E-state index contributed by atoms with van der Waals surface area (Å²) in [5.41, 5.74) is 0.524. The predicted molar refractivity (Wildman–Crippen MR) is 81.9 cm³/mol. The average molecular weight is 324 g/mol. The molecule has 1 heterocycles. The number of amides is 1. The van der Waals surface area contributed by atoms with E-state index in [4.69, 9.17) is 16.7 Å². The van der Waals surface area contributed by atoms with Crippen molar-refractivity contribution in [3.8, 4) is 0 Å². The second-order valence-electron chi connectivity index (χ2n) is 5.65. The minimum absolute atomic E-state index is 0.0617. The Bertz CT molecular complexity index is 584. The van der Waals surface area contributed by atoms with Crippen molar-refractivity contribution >= 4 is 29.3 Å². The highest BCUT2D eigenvalue weighted by Crippen LogP contribution is 2.24. The summed E-state index contributed by atoms with van der Waals surface area (Å²) in [6, 6.07) is 6.54. The molecule has 1 aromatic rings. The van der Waals surface area contributed by atoms with E-state index in [1.54, 1.807) is 29.2 Å². The van der Waals surface area contributed by atoms with Crippen LogP contribution in [0.1, 0.15) is 30.1 Å². The summed E-state index contributed by atoms with van der Waals surface area (Å²) in [6.07, 6.45) is 0.212. The van der Waals surface area contributed by atoms with E-state index < -0.39 is 11.9 Å².